The quantitative estimate of drug-likeness (QED) is 0.690. The molecular formula is C17H14ClNO. The third-order valence-electron chi connectivity index (χ3n) is 3.21. The second-order valence-corrected chi connectivity index (χ2v) is 5.09. The summed E-state index contributed by atoms with van der Waals surface area (Å²) < 4.78 is 5.97. The van der Waals surface area contributed by atoms with Crippen molar-refractivity contribution in [3.63, 3.8) is 0 Å². The van der Waals surface area contributed by atoms with Crippen molar-refractivity contribution in [1.82, 2.24) is 4.98 Å². The molecule has 1 aromatic heterocycles. The number of ether oxygens (including phenoxy) is 1. The number of fused-ring (bicyclic) bond motifs is 1. The topological polar surface area (TPSA) is 22.1 Å². The van der Waals surface area contributed by atoms with Crippen molar-refractivity contribution in [2.24, 2.45) is 0 Å². The van der Waals surface area contributed by atoms with Crippen LogP contribution in [-0.4, -0.2) is 4.98 Å². The highest BCUT2D eigenvalue weighted by atomic mass is 35.5. The van der Waals surface area contributed by atoms with Crippen LogP contribution >= 0.6 is 11.6 Å². The zero-order chi connectivity index (χ0) is 13.9. The Morgan fingerprint density at radius 3 is 2.70 bits per heavy atom. The minimum Gasteiger partial charge on any atom is -0.486 e. The normalized spacial score (nSPS) is 10.7. The Balaban J connectivity index is 1.99. The monoisotopic (exact) mass is 283 g/mol. The highest BCUT2D eigenvalue weighted by Crippen LogP contribution is 2.33. The minimum absolute atomic E-state index is 0.523. The molecule has 0 saturated carbocycles. The van der Waals surface area contributed by atoms with Gasteiger partial charge in [-0.25, -0.2) is 0 Å². The number of nitrogens with zero attached hydrogens (tertiary/aromatic N) is 1. The number of rotatable bonds is 3. The molecule has 0 amide bonds. The van der Waals surface area contributed by atoms with Gasteiger partial charge in [0.05, 0.1) is 5.02 Å². The van der Waals surface area contributed by atoms with Gasteiger partial charge in [-0.2, -0.15) is 0 Å². The molecule has 20 heavy (non-hydrogen) atoms. The molecule has 0 unspecified atom stereocenters. The molecule has 3 aromatic rings. The van der Waals surface area contributed by atoms with Crippen LogP contribution in [0, 0.1) is 6.92 Å². The molecule has 0 saturated heterocycles. The second-order valence-electron chi connectivity index (χ2n) is 4.68. The summed E-state index contributed by atoms with van der Waals surface area (Å²) in [4.78, 5) is 4.41. The molecule has 2 nitrogen and oxygen atoms in total. The fourth-order valence-corrected chi connectivity index (χ4v) is 2.53. The average molecular weight is 284 g/mol. The van der Waals surface area contributed by atoms with Crippen LogP contribution in [0.2, 0.25) is 5.02 Å². The summed E-state index contributed by atoms with van der Waals surface area (Å²) in [5.41, 5.74) is 2.94. The highest BCUT2D eigenvalue weighted by Gasteiger charge is 2.11. The number of halogens is 1. The SMILES string of the molecule is Cc1cc(Cl)c2cccnc2c1OCc1ccccc1. The molecule has 100 valence electrons. The van der Waals surface area contributed by atoms with Crippen LogP contribution in [0.1, 0.15) is 11.1 Å². The maximum Gasteiger partial charge on any atom is 0.149 e. The van der Waals surface area contributed by atoms with E-state index < -0.39 is 0 Å². The zero-order valence-electron chi connectivity index (χ0n) is 11.1. The van der Waals surface area contributed by atoms with Crippen LogP contribution in [0.4, 0.5) is 0 Å². The number of benzene rings is 2. The summed E-state index contributed by atoms with van der Waals surface area (Å²) in [6, 6.07) is 15.8. The molecular weight excluding hydrogens is 270 g/mol. The standard InChI is InChI=1S/C17H14ClNO/c1-12-10-15(18)14-8-5-9-19-16(14)17(12)20-11-13-6-3-2-4-7-13/h2-10H,11H2,1H3. The molecule has 0 aliphatic rings. The molecule has 0 aliphatic carbocycles. The van der Waals surface area contributed by atoms with Gasteiger partial charge in [-0.3, -0.25) is 4.98 Å². The zero-order valence-corrected chi connectivity index (χ0v) is 11.9. The van der Waals surface area contributed by atoms with Gasteiger partial charge in [0.15, 0.2) is 0 Å². The van der Waals surface area contributed by atoms with Gasteiger partial charge in [-0.1, -0.05) is 41.9 Å². The lowest BCUT2D eigenvalue weighted by molar-refractivity contribution is 0.307. The van der Waals surface area contributed by atoms with Crippen molar-refractivity contribution in [2.75, 3.05) is 0 Å². The van der Waals surface area contributed by atoms with Crippen molar-refractivity contribution in [3.8, 4) is 5.75 Å². The molecule has 3 rings (SSSR count). The summed E-state index contributed by atoms with van der Waals surface area (Å²) in [7, 11) is 0. The van der Waals surface area contributed by atoms with Gasteiger partial charge in [0.1, 0.15) is 17.9 Å². The van der Waals surface area contributed by atoms with Crippen molar-refractivity contribution in [2.45, 2.75) is 13.5 Å². The summed E-state index contributed by atoms with van der Waals surface area (Å²) in [5, 5.41) is 1.63. The Morgan fingerprint density at radius 1 is 1.10 bits per heavy atom. The van der Waals surface area contributed by atoms with Crippen LogP contribution in [0.3, 0.4) is 0 Å². The molecule has 0 N–H and O–H groups in total. The third-order valence-corrected chi connectivity index (χ3v) is 3.52. The largest absolute Gasteiger partial charge is 0.486 e. The minimum atomic E-state index is 0.523. The van der Waals surface area contributed by atoms with E-state index in [9.17, 15) is 0 Å². The van der Waals surface area contributed by atoms with E-state index in [1.165, 1.54) is 0 Å². The number of hydrogen-bond acceptors (Lipinski definition) is 2. The van der Waals surface area contributed by atoms with E-state index in [4.69, 9.17) is 16.3 Å². The summed E-state index contributed by atoms with van der Waals surface area (Å²) >= 11 is 6.26. The van der Waals surface area contributed by atoms with Crippen LogP contribution in [-0.2, 0) is 6.61 Å². The molecule has 0 fully saturated rings. The van der Waals surface area contributed by atoms with Crippen LogP contribution in [0.15, 0.2) is 54.7 Å². The lowest BCUT2D eigenvalue weighted by Crippen LogP contribution is -1.98. The van der Waals surface area contributed by atoms with Crippen molar-refractivity contribution < 1.29 is 4.74 Å². The molecule has 3 heteroatoms. The third kappa shape index (κ3) is 2.47. The molecule has 0 spiro atoms. The van der Waals surface area contributed by atoms with Gasteiger partial charge in [0.25, 0.3) is 0 Å². The molecule has 2 aromatic carbocycles. The fraction of sp³-hybridized carbons (Fsp3) is 0.118. The van der Waals surface area contributed by atoms with Crippen LogP contribution < -0.4 is 4.74 Å². The number of aromatic nitrogens is 1. The number of pyridine rings is 1. The molecule has 0 aliphatic heterocycles. The smallest absolute Gasteiger partial charge is 0.149 e. The van der Waals surface area contributed by atoms with Gasteiger partial charge in [0, 0.05) is 11.6 Å². The first-order chi connectivity index (χ1) is 9.75. The average Bonchev–Trinajstić information content (AvgIpc) is 2.48. The van der Waals surface area contributed by atoms with Gasteiger partial charge in [-0.05, 0) is 36.2 Å². The van der Waals surface area contributed by atoms with E-state index in [0.29, 0.717) is 11.6 Å². The lowest BCUT2D eigenvalue weighted by Gasteiger charge is -2.12. The van der Waals surface area contributed by atoms with Crippen molar-refractivity contribution in [1.29, 1.82) is 0 Å². The summed E-state index contributed by atoms with van der Waals surface area (Å²) in [6.45, 7) is 2.51. The molecule has 0 atom stereocenters. The predicted octanol–water partition coefficient (Wildman–Crippen LogP) is 4.78. The highest BCUT2D eigenvalue weighted by molar-refractivity contribution is 6.35. The summed E-state index contributed by atoms with van der Waals surface area (Å²) in [5.74, 6) is 0.800. The fourth-order valence-electron chi connectivity index (χ4n) is 2.21. The van der Waals surface area contributed by atoms with Crippen molar-refractivity contribution >= 4 is 22.5 Å². The lowest BCUT2D eigenvalue weighted by atomic mass is 10.1. The first-order valence-corrected chi connectivity index (χ1v) is 6.84. The van der Waals surface area contributed by atoms with Crippen LogP contribution in [0.5, 0.6) is 5.75 Å². The van der Waals surface area contributed by atoms with Crippen molar-refractivity contribution in [3.05, 3.63) is 70.9 Å². The van der Waals surface area contributed by atoms with Gasteiger partial charge in [-0.15, -0.1) is 0 Å². The number of aryl methyl sites for hydroxylation is 1. The predicted molar refractivity (Wildman–Crippen MR) is 82.3 cm³/mol. The Morgan fingerprint density at radius 2 is 1.90 bits per heavy atom. The Labute approximate surface area is 123 Å². The first kappa shape index (κ1) is 12.9. The Bertz CT molecular complexity index is 741. The summed E-state index contributed by atoms with van der Waals surface area (Å²) in [6.07, 6.45) is 1.76. The molecule has 0 radical (unpaired) electrons. The Hall–Kier alpha value is -2.06. The Kier molecular flexibility index (Phi) is 3.57. The van der Waals surface area contributed by atoms with E-state index >= 15 is 0 Å². The van der Waals surface area contributed by atoms with E-state index in [1.54, 1.807) is 6.20 Å². The van der Waals surface area contributed by atoms with E-state index in [1.807, 2.05) is 55.5 Å². The van der Waals surface area contributed by atoms with Gasteiger partial charge in [0.2, 0.25) is 0 Å². The maximum absolute atomic E-state index is 6.26. The molecule has 1 heterocycles. The van der Waals surface area contributed by atoms with E-state index in [0.717, 1.165) is 27.8 Å². The van der Waals surface area contributed by atoms with Gasteiger partial charge < -0.3 is 4.74 Å². The first-order valence-electron chi connectivity index (χ1n) is 6.46. The maximum atomic E-state index is 6.26. The van der Waals surface area contributed by atoms with Crippen LogP contribution in [0.25, 0.3) is 10.9 Å². The van der Waals surface area contributed by atoms with E-state index in [-0.39, 0.29) is 0 Å². The van der Waals surface area contributed by atoms with Gasteiger partial charge >= 0.3 is 0 Å². The van der Waals surface area contributed by atoms with E-state index in [2.05, 4.69) is 4.98 Å². The second kappa shape index (κ2) is 5.51. The molecule has 0 bridgehead atoms. The number of hydrogen-bond donors (Lipinski definition) is 0.